The van der Waals surface area contributed by atoms with Crippen molar-refractivity contribution in [2.75, 3.05) is 39.5 Å². The van der Waals surface area contributed by atoms with Gasteiger partial charge in [-0.25, -0.2) is 0 Å². The van der Waals surface area contributed by atoms with E-state index in [1.54, 1.807) is 6.33 Å². The highest BCUT2D eigenvalue weighted by atomic mass is 127. The lowest BCUT2D eigenvalue weighted by atomic mass is 10.1. The highest BCUT2D eigenvalue weighted by Crippen LogP contribution is 2.12. The van der Waals surface area contributed by atoms with Gasteiger partial charge < -0.3 is 24.7 Å². The number of hydrogen-bond acceptors (Lipinski definition) is 5. The number of ether oxygens (including phenoxy) is 2. The summed E-state index contributed by atoms with van der Waals surface area (Å²) in [4.78, 5) is 4.74. The Balaban J connectivity index is 0.00000420. The maximum atomic E-state index is 5.80. The highest BCUT2D eigenvalue weighted by Gasteiger charge is 2.13. The average Bonchev–Trinajstić information content (AvgIpc) is 3.19. The fourth-order valence-electron chi connectivity index (χ4n) is 3.08. The number of unbranched alkanes of at least 4 members (excludes halogenated alkanes) is 1. The van der Waals surface area contributed by atoms with Crippen LogP contribution in [0.25, 0.3) is 0 Å². The number of aryl methyl sites for hydroxylation is 1. The second-order valence-corrected chi connectivity index (χ2v) is 7.15. The number of aliphatic imine (C=N–C) groups is 1. The van der Waals surface area contributed by atoms with Crippen molar-refractivity contribution in [3.8, 4) is 0 Å². The van der Waals surface area contributed by atoms with Gasteiger partial charge in [-0.3, -0.25) is 4.99 Å². The Kier molecular flexibility index (Phi) is 15.1. The lowest BCUT2D eigenvalue weighted by molar-refractivity contribution is 0.0224. The van der Waals surface area contributed by atoms with Crippen molar-refractivity contribution in [2.45, 2.75) is 71.4 Å². The lowest BCUT2D eigenvalue weighted by Crippen LogP contribution is -2.40. The third kappa shape index (κ3) is 11.1. The quantitative estimate of drug-likeness (QED) is 0.179. The molecule has 0 aromatic carbocycles. The van der Waals surface area contributed by atoms with Crippen LogP contribution in [0.1, 0.15) is 58.2 Å². The van der Waals surface area contributed by atoms with Gasteiger partial charge in [-0.1, -0.05) is 20.3 Å². The Morgan fingerprint density at radius 2 is 2.07 bits per heavy atom. The number of guanidine groups is 1. The van der Waals surface area contributed by atoms with Crippen molar-refractivity contribution in [3.05, 3.63) is 12.2 Å². The number of halogens is 1. The molecule has 1 aromatic heterocycles. The van der Waals surface area contributed by atoms with Crippen LogP contribution < -0.4 is 10.6 Å². The third-order valence-corrected chi connectivity index (χ3v) is 4.78. The zero-order chi connectivity index (χ0) is 19.9. The molecule has 1 atom stereocenters. The smallest absolute Gasteiger partial charge is 0.191 e. The van der Waals surface area contributed by atoms with Gasteiger partial charge >= 0.3 is 0 Å². The summed E-state index contributed by atoms with van der Waals surface area (Å²) in [6, 6.07) is 0. The van der Waals surface area contributed by atoms with E-state index in [1.807, 2.05) is 0 Å². The summed E-state index contributed by atoms with van der Waals surface area (Å²) in [5.41, 5.74) is 0. The molecule has 1 aliphatic rings. The van der Waals surface area contributed by atoms with Crippen molar-refractivity contribution in [1.29, 1.82) is 0 Å². The van der Waals surface area contributed by atoms with E-state index in [9.17, 15) is 0 Å². The molecule has 1 saturated heterocycles. The first-order chi connectivity index (χ1) is 13.8. The number of nitrogens with one attached hydrogen (secondary N) is 2. The molecule has 0 radical (unpaired) electrons. The molecule has 0 amide bonds. The molecule has 1 aliphatic heterocycles. The summed E-state index contributed by atoms with van der Waals surface area (Å²) < 4.78 is 13.5. The van der Waals surface area contributed by atoms with Crippen molar-refractivity contribution in [1.82, 2.24) is 25.4 Å². The molecule has 2 N–H and O–H groups in total. The van der Waals surface area contributed by atoms with E-state index in [-0.39, 0.29) is 30.1 Å². The molecular formula is C20H39IN6O2. The molecule has 0 bridgehead atoms. The Hall–Kier alpha value is -0.940. The second kappa shape index (κ2) is 16.8. The Labute approximate surface area is 192 Å². The van der Waals surface area contributed by atoms with Crippen LogP contribution in [0.3, 0.4) is 0 Å². The van der Waals surface area contributed by atoms with Crippen molar-refractivity contribution in [2.24, 2.45) is 4.99 Å². The minimum atomic E-state index is 0. The van der Waals surface area contributed by atoms with Gasteiger partial charge in [0.15, 0.2) is 5.96 Å². The fourth-order valence-corrected chi connectivity index (χ4v) is 3.08. The van der Waals surface area contributed by atoms with E-state index in [4.69, 9.17) is 14.5 Å². The normalized spacial score (nSPS) is 17.0. The van der Waals surface area contributed by atoms with Crippen LogP contribution in [0, 0.1) is 0 Å². The molecule has 1 aromatic rings. The topological polar surface area (TPSA) is 85.6 Å². The monoisotopic (exact) mass is 522 g/mol. The first-order valence-corrected chi connectivity index (χ1v) is 10.9. The van der Waals surface area contributed by atoms with Crippen LogP contribution in [0.2, 0.25) is 0 Å². The van der Waals surface area contributed by atoms with E-state index >= 15 is 0 Å². The number of aromatic nitrogens is 3. The van der Waals surface area contributed by atoms with Crippen molar-refractivity contribution in [3.63, 3.8) is 0 Å². The third-order valence-electron chi connectivity index (χ3n) is 4.78. The molecule has 1 unspecified atom stereocenters. The zero-order valence-corrected chi connectivity index (χ0v) is 20.4. The van der Waals surface area contributed by atoms with E-state index in [1.165, 1.54) is 19.3 Å². The number of hydrogen-bond donors (Lipinski definition) is 2. The molecule has 168 valence electrons. The molecule has 0 spiro atoms. The van der Waals surface area contributed by atoms with Crippen LogP contribution in [0.15, 0.2) is 11.3 Å². The predicted molar refractivity (Wildman–Crippen MR) is 127 cm³/mol. The molecule has 2 rings (SSSR count). The predicted octanol–water partition coefficient (Wildman–Crippen LogP) is 2.77. The summed E-state index contributed by atoms with van der Waals surface area (Å²) in [5, 5.41) is 15.0. The summed E-state index contributed by atoms with van der Waals surface area (Å²) in [6.07, 6.45) is 9.69. The molecule has 0 aliphatic carbocycles. The molecule has 8 nitrogen and oxygen atoms in total. The minimum Gasteiger partial charge on any atom is -0.381 e. The summed E-state index contributed by atoms with van der Waals surface area (Å²) in [7, 11) is 0. The SMILES string of the molecule is CCCCOCCCNC(=NCC1CCCCO1)NCCn1cnnc1CC.I. The molecule has 9 heteroatoms. The van der Waals surface area contributed by atoms with E-state index in [2.05, 4.69) is 39.2 Å². The Morgan fingerprint density at radius 1 is 1.24 bits per heavy atom. The van der Waals surface area contributed by atoms with Crippen LogP contribution in [0.4, 0.5) is 0 Å². The maximum absolute atomic E-state index is 5.80. The fraction of sp³-hybridized carbons (Fsp3) is 0.850. The minimum absolute atomic E-state index is 0. The standard InChI is InChI=1S/C20H38N6O2.HI/c1-3-5-13-27-14-8-10-21-20(23-16-18-9-6-7-15-28-18)22-11-12-26-17-24-25-19(26)4-2;/h17-18H,3-16H2,1-2H3,(H2,21,22,23);1H. The van der Waals surface area contributed by atoms with Gasteiger partial charge in [0, 0.05) is 45.9 Å². The molecule has 29 heavy (non-hydrogen) atoms. The first-order valence-electron chi connectivity index (χ1n) is 10.9. The van der Waals surface area contributed by atoms with Crippen LogP contribution >= 0.6 is 24.0 Å². The Bertz CT molecular complexity index is 549. The zero-order valence-electron chi connectivity index (χ0n) is 18.1. The van der Waals surface area contributed by atoms with Crippen LogP contribution in [-0.4, -0.2) is 66.3 Å². The molecule has 0 saturated carbocycles. The van der Waals surface area contributed by atoms with Crippen molar-refractivity contribution < 1.29 is 9.47 Å². The summed E-state index contributed by atoms with van der Waals surface area (Å²) in [5.74, 6) is 1.85. The van der Waals surface area contributed by atoms with Gasteiger partial charge in [-0.2, -0.15) is 0 Å². The van der Waals surface area contributed by atoms with Gasteiger partial charge in [0.05, 0.1) is 12.6 Å². The average molecular weight is 522 g/mol. The van der Waals surface area contributed by atoms with E-state index in [0.29, 0.717) is 6.54 Å². The van der Waals surface area contributed by atoms with Gasteiger partial charge in [0.2, 0.25) is 0 Å². The number of nitrogens with zero attached hydrogens (tertiary/aromatic N) is 4. The highest BCUT2D eigenvalue weighted by molar-refractivity contribution is 14.0. The first kappa shape index (κ1) is 26.1. The van der Waals surface area contributed by atoms with Gasteiger partial charge in [0.25, 0.3) is 0 Å². The lowest BCUT2D eigenvalue weighted by Gasteiger charge is -2.21. The summed E-state index contributed by atoms with van der Waals surface area (Å²) >= 11 is 0. The maximum Gasteiger partial charge on any atom is 0.191 e. The molecule has 2 heterocycles. The van der Waals surface area contributed by atoms with Crippen LogP contribution in [-0.2, 0) is 22.4 Å². The largest absolute Gasteiger partial charge is 0.381 e. The summed E-state index contributed by atoms with van der Waals surface area (Å²) in [6.45, 7) is 9.91. The van der Waals surface area contributed by atoms with Gasteiger partial charge in [0.1, 0.15) is 12.2 Å². The van der Waals surface area contributed by atoms with E-state index in [0.717, 1.165) is 76.9 Å². The van der Waals surface area contributed by atoms with E-state index < -0.39 is 0 Å². The Morgan fingerprint density at radius 3 is 2.83 bits per heavy atom. The van der Waals surface area contributed by atoms with Crippen LogP contribution in [0.5, 0.6) is 0 Å². The molecular weight excluding hydrogens is 483 g/mol. The van der Waals surface area contributed by atoms with Crippen molar-refractivity contribution >= 4 is 29.9 Å². The molecule has 1 fully saturated rings. The number of rotatable bonds is 13. The van der Waals surface area contributed by atoms with Gasteiger partial charge in [-0.15, -0.1) is 34.2 Å². The second-order valence-electron chi connectivity index (χ2n) is 7.15. The van der Waals surface area contributed by atoms with Gasteiger partial charge in [-0.05, 0) is 32.1 Å².